The molecule has 0 aliphatic carbocycles. The largest absolute Gasteiger partial charge is 0.334 e. The van der Waals surface area contributed by atoms with E-state index in [0.29, 0.717) is 22.4 Å². The number of urea groups is 1. The van der Waals surface area contributed by atoms with Gasteiger partial charge in [0.05, 0.1) is 17.3 Å². The van der Waals surface area contributed by atoms with Gasteiger partial charge < -0.3 is 9.84 Å². The summed E-state index contributed by atoms with van der Waals surface area (Å²) in [5.41, 5.74) is 3.91. The van der Waals surface area contributed by atoms with Crippen LogP contribution in [-0.2, 0) is 0 Å². The van der Waals surface area contributed by atoms with E-state index in [1.54, 1.807) is 28.8 Å². The minimum atomic E-state index is -0.476. The van der Waals surface area contributed by atoms with Crippen LogP contribution < -0.4 is 10.2 Å². The fourth-order valence-electron chi connectivity index (χ4n) is 4.00. The summed E-state index contributed by atoms with van der Waals surface area (Å²) in [4.78, 5) is 20.7. The molecule has 8 heteroatoms. The Bertz CT molecular complexity index is 1350. The first-order valence-corrected chi connectivity index (χ1v) is 12.3. The van der Waals surface area contributed by atoms with Crippen LogP contribution >= 0.6 is 23.4 Å². The number of carbonyl (C=O) groups excluding carboxylic acids is 1. The average molecular weight is 489 g/mol. The van der Waals surface area contributed by atoms with Crippen molar-refractivity contribution in [1.29, 1.82) is 0 Å². The zero-order chi connectivity index (χ0) is 23.7. The number of nitrogens with zero attached hydrogens (tertiary/aromatic N) is 3. The van der Waals surface area contributed by atoms with Crippen molar-refractivity contribution < 1.29 is 9.32 Å². The van der Waals surface area contributed by atoms with Crippen molar-refractivity contribution in [3.8, 4) is 11.4 Å². The van der Waals surface area contributed by atoms with Crippen LogP contribution in [0.3, 0.4) is 0 Å². The van der Waals surface area contributed by atoms with Crippen molar-refractivity contribution >= 4 is 40.7 Å². The second kappa shape index (κ2) is 9.37. The molecule has 34 heavy (non-hydrogen) atoms. The van der Waals surface area contributed by atoms with E-state index in [4.69, 9.17) is 16.1 Å². The number of rotatable bonds is 5. The van der Waals surface area contributed by atoms with Crippen LogP contribution in [0.1, 0.15) is 24.4 Å². The number of anilines is 1. The molecule has 170 valence electrons. The molecule has 0 saturated heterocycles. The predicted octanol–water partition coefficient (Wildman–Crippen LogP) is 6.81. The molecule has 1 atom stereocenters. The molecule has 2 heterocycles. The number of nitrogens with one attached hydrogen (secondary N) is 1. The second-order valence-electron chi connectivity index (χ2n) is 7.76. The van der Waals surface area contributed by atoms with E-state index in [1.165, 1.54) is 0 Å². The van der Waals surface area contributed by atoms with Crippen LogP contribution in [0.5, 0.6) is 0 Å². The molecule has 3 aromatic carbocycles. The summed E-state index contributed by atoms with van der Waals surface area (Å²) in [6.07, 6.45) is 2.02. The number of aromatic nitrogens is 2. The predicted molar refractivity (Wildman–Crippen MR) is 136 cm³/mol. The lowest BCUT2D eigenvalue weighted by molar-refractivity contribution is 0.244. The van der Waals surface area contributed by atoms with Crippen molar-refractivity contribution in [1.82, 2.24) is 15.5 Å². The first-order chi connectivity index (χ1) is 16.5. The van der Waals surface area contributed by atoms with Gasteiger partial charge in [0.15, 0.2) is 0 Å². The van der Waals surface area contributed by atoms with Crippen LogP contribution in [0.25, 0.3) is 17.0 Å². The first-order valence-electron chi connectivity index (χ1n) is 10.7. The standard InChI is InChI=1S/C26H21ClN4O2S/c1-16-22(25-29-24(30-33-25)18-6-4-3-5-7-18)23(17-8-10-19(27)11-9-17)28-26(32)31(16)20-12-14-21(34-2)15-13-20/h3-15,23H,1-2H3,(H,28,32). The molecule has 0 radical (unpaired) electrons. The summed E-state index contributed by atoms with van der Waals surface area (Å²) in [5.74, 6) is 0.834. The lowest BCUT2D eigenvalue weighted by atomic mass is 9.94. The average Bonchev–Trinajstić information content (AvgIpc) is 3.35. The SMILES string of the molecule is CSc1ccc(N2C(=O)NC(c3ccc(Cl)cc3)C(c3nc(-c4ccccc4)no3)=C2C)cc1. The molecule has 1 unspecified atom stereocenters. The monoisotopic (exact) mass is 488 g/mol. The molecule has 1 aliphatic rings. The van der Waals surface area contributed by atoms with Crippen molar-refractivity contribution in [2.75, 3.05) is 11.2 Å². The Kier molecular flexibility index (Phi) is 6.13. The normalized spacial score (nSPS) is 16.0. The van der Waals surface area contributed by atoms with E-state index in [0.717, 1.165) is 27.3 Å². The highest BCUT2D eigenvalue weighted by atomic mass is 35.5. The second-order valence-corrected chi connectivity index (χ2v) is 9.07. The van der Waals surface area contributed by atoms with E-state index in [-0.39, 0.29) is 6.03 Å². The van der Waals surface area contributed by atoms with E-state index >= 15 is 0 Å². The molecular weight excluding hydrogens is 468 g/mol. The van der Waals surface area contributed by atoms with Crippen molar-refractivity contribution in [3.05, 3.63) is 101 Å². The molecule has 0 saturated carbocycles. The summed E-state index contributed by atoms with van der Waals surface area (Å²) in [5, 5.41) is 7.93. The Morgan fingerprint density at radius 3 is 2.38 bits per heavy atom. The van der Waals surface area contributed by atoms with Crippen molar-refractivity contribution in [2.24, 2.45) is 0 Å². The lowest BCUT2D eigenvalue weighted by Gasteiger charge is -2.35. The Morgan fingerprint density at radius 2 is 1.71 bits per heavy atom. The van der Waals surface area contributed by atoms with Crippen LogP contribution in [0, 0.1) is 0 Å². The van der Waals surface area contributed by atoms with E-state index in [9.17, 15) is 4.79 Å². The fraction of sp³-hybridized carbons (Fsp3) is 0.115. The van der Waals surface area contributed by atoms with Crippen LogP contribution in [0.2, 0.25) is 5.02 Å². The molecule has 5 rings (SSSR count). The highest BCUT2D eigenvalue weighted by molar-refractivity contribution is 7.98. The smallest absolute Gasteiger partial charge is 0.326 e. The minimum Gasteiger partial charge on any atom is -0.334 e. The molecule has 0 bridgehead atoms. The number of amides is 2. The summed E-state index contributed by atoms with van der Waals surface area (Å²) in [7, 11) is 0. The molecule has 6 nitrogen and oxygen atoms in total. The van der Waals surface area contributed by atoms with Crippen molar-refractivity contribution in [2.45, 2.75) is 17.9 Å². The zero-order valence-corrected chi connectivity index (χ0v) is 20.1. The van der Waals surface area contributed by atoms with Crippen LogP contribution in [-0.4, -0.2) is 22.4 Å². The molecule has 1 N–H and O–H groups in total. The van der Waals surface area contributed by atoms with Crippen LogP contribution in [0.4, 0.5) is 10.5 Å². The van der Waals surface area contributed by atoms with Gasteiger partial charge in [-0.15, -0.1) is 11.8 Å². The van der Waals surface area contributed by atoms with E-state index in [1.807, 2.05) is 79.9 Å². The van der Waals surface area contributed by atoms with Crippen molar-refractivity contribution in [3.63, 3.8) is 0 Å². The number of hydrogen-bond acceptors (Lipinski definition) is 5. The maximum atomic E-state index is 13.3. The minimum absolute atomic E-state index is 0.235. The number of hydrogen-bond donors (Lipinski definition) is 1. The van der Waals surface area contributed by atoms with Gasteiger partial charge in [-0.2, -0.15) is 4.98 Å². The maximum Gasteiger partial charge on any atom is 0.326 e. The number of carbonyl (C=O) groups is 1. The van der Waals surface area contributed by atoms with Gasteiger partial charge in [0.25, 0.3) is 5.89 Å². The highest BCUT2D eigenvalue weighted by Crippen LogP contribution is 2.39. The third kappa shape index (κ3) is 4.20. The Balaban J connectivity index is 1.64. The van der Waals surface area contributed by atoms with Gasteiger partial charge in [0.1, 0.15) is 0 Å². The summed E-state index contributed by atoms with van der Waals surface area (Å²) < 4.78 is 5.73. The molecule has 0 fully saturated rings. The Morgan fingerprint density at radius 1 is 1.00 bits per heavy atom. The van der Waals surface area contributed by atoms with Gasteiger partial charge in [-0.25, -0.2) is 4.79 Å². The van der Waals surface area contributed by atoms with Gasteiger partial charge >= 0.3 is 6.03 Å². The molecule has 2 amide bonds. The summed E-state index contributed by atoms with van der Waals surface area (Å²) in [6.45, 7) is 1.89. The van der Waals surface area contributed by atoms with Crippen LogP contribution in [0.15, 0.2) is 94.0 Å². The number of thioether (sulfide) groups is 1. The third-order valence-electron chi connectivity index (χ3n) is 5.71. The fourth-order valence-corrected chi connectivity index (χ4v) is 4.54. The quantitative estimate of drug-likeness (QED) is 0.312. The van der Waals surface area contributed by atoms with Gasteiger partial charge in [0.2, 0.25) is 5.82 Å². The van der Waals surface area contributed by atoms with Gasteiger partial charge in [-0.05, 0) is 55.1 Å². The molecule has 4 aromatic rings. The Labute approximate surface area is 206 Å². The van der Waals surface area contributed by atoms with Gasteiger partial charge in [0, 0.05) is 21.2 Å². The lowest BCUT2D eigenvalue weighted by Crippen LogP contribution is -2.46. The summed E-state index contributed by atoms with van der Waals surface area (Å²) >= 11 is 7.76. The number of benzene rings is 3. The third-order valence-corrected chi connectivity index (χ3v) is 6.70. The number of allylic oxidation sites excluding steroid dienone is 1. The number of halogens is 1. The zero-order valence-electron chi connectivity index (χ0n) is 18.5. The topological polar surface area (TPSA) is 71.3 Å². The van der Waals surface area contributed by atoms with Gasteiger partial charge in [-0.1, -0.05) is 59.2 Å². The molecular formula is C26H21ClN4O2S. The Hall–Kier alpha value is -3.55. The summed E-state index contributed by atoms with van der Waals surface area (Å²) in [6, 6.07) is 24.1. The maximum absolute atomic E-state index is 13.3. The van der Waals surface area contributed by atoms with E-state index in [2.05, 4.69) is 15.5 Å². The van der Waals surface area contributed by atoms with Gasteiger partial charge in [-0.3, -0.25) is 4.90 Å². The van der Waals surface area contributed by atoms with E-state index < -0.39 is 6.04 Å². The molecule has 1 aliphatic heterocycles. The molecule has 1 aromatic heterocycles. The first kappa shape index (κ1) is 22.3. The molecule has 0 spiro atoms. The highest BCUT2D eigenvalue weighted by Gasteiger charge is 2.36.